The Hall–Kier alpha value is -4.13. The van der Waals surface area contributed by atoms with Crippen LogP contribution in [0.15, 0.2) is 78.9 Å². The Kier molecular flexibility index (Phi) is 8.34. The molecule has 0 saturated heterocycles. The van der Waals surface area contributed by atoms with Crippen LogP contribution >= 0.6 is 0 Å². The van der Waals surface area contributed by atoms with Gasteiger partial charge in [0.15, 0.2) is 0 Å². The number of carbonyl (C=O) groups is 3. The van der Waals surface area contributed by atoms with Crippen molar-refractivity contribution in [3.8, 4) is 16.9 Å². The van der Waals surface area contributed by atoms with Crippen molar-refractivity contribution in [2.75, 3.05) is 13.1 Å². The largest absolute Gasteiger partial charge is 0.490 e. The second-order valence-corrected chi connectivity index (χ2v) is 8.91. The number of benzene rings is 3. The number of hydrogen-bond donors (Lipinski definition) is 3. The maximum absolute atomic E-state index is 12.5. The highest BCUT2D eigenvalue weighted by molar-refractivity contribution is 5.96. The number of nitrogens with one attached hydrogen (secondary N) is 2. The Labute approximate surface area is 210 Å². The van der Waals surface area contributed by atoms with Crippen LogP contribution in [-0.2, 0) is 4.79 Å². The van der Waals surface area contributed by atoms with Crippen LogP contribution in [0.4, 0.5) is 0 Å². The van der Waals surface area contributed by atoms with Crippen LogP contribution in [0.1, 0.15) is 46.4 Å². The smallest absolute Gasteiger partial charge is 0.306 e. The molecule has 1 saturated carbocycles. The minimum atomic E-state index is -0.736. The molecular weight excluding hydrogens is 456 g/mol. The molecule has 1 fully saturated rings. The average molecular weight is 487 g/mol. The van der Waals surface area contributed by atoms with E-state index in [0.29, 0.717) is 55.6 Å². The van der Waals surface area contributed by atoms with E-state index in [1.807, 2.05) is 48.5 Å². The first-order chi connectivity index (χ1) is 17.5. The fourth-order valence-electron chi connectivity index (χ4n) is 4.33. The molecule has 2 amide bonds. The fourth-order valence-corrected chi connectivity index (χ4v) is 4.33. The number of rotatable bonds is 9. The van der Waals surface area contributed by atoms with E-state index >= 15 is 0 Å². The van der Waals surface area contributed by atoms with E-state index in [0.717, 1.165) is 11.1 Å². The van der Waals surface area contributed by atoms with Crippen LogP contribution in [0.25, 0.3) is 11.1 Å². The summed E-state index contributed by atoms with van der Waals surface area (Å²) in [5, 5.41) is 14.8. The fraction of sp³-hybridized carbons (Fsp3) is 0.276. The molecule has 0 radical (unpaired) electrons. The Morgan fingerprint density at radius 2 is 1.33 bits per heavy atom. The summed E-state index contributed by atoms with van der Waals surface area (Å²) in [6.07, 6.45) is 2.66. The third-order valence-electron chi connectivity index (χ3n) is 6.37. The third-order valence-corrected chi connectivity index (χ3v) is 6.37. The lowest BCUT2D eigenvalue weighted by Crippen LogP contribution is -2.34. The Balaban J connectivity index is 1.20. The molecule has 3 aromatic carbocycles. The molecule has 4 rings (SSSR count). The lowest BCUT2D eigenvalue weighted by atomic mass is 9.87. The van der Waals surface area contributed by atoms with Gasteiger partial charge < -0.3 is 20.5 Å². The molecule has 0 atom stereocenters. The summed E-state index contributed by atoms with van der Waals surface area (Å²) in [4.78, 5) is 36.0. The van der Waals surface area contributed by atoms with E-state index in [1.165, 1.54) is 0 Å². The molecule has 0 spiro atoms. The van der Waals surface area contributed by atoms with Gasteiger partial charge >= 0.3 is 5.97 Å². The summed E-state index contributed by atoms with van der Waals surface area (Å²) < 4.78 is 5.95. The van der Waals surface area contributed by atoms with Crippen LogP contribution in [0.3, 0.4) is 0 Å². The van der Waals surface area contributed by atoms with E-state index in [1.54, 1.807) is 30.3 Å². The minimum absolute atomic E-state index is 0.00252. The van der Waals surface area contributed by atoms with E-state index in [9.17, 15) is 14.4 Å². The van der Waals surface area contributed by atoms with Crippen LogP contribution < -0.4 is 15.4 Å². The Bertz CT molecular complexity index is 1190. The second kappa shape index (κ2) is 12.0. The van der Waals surface area contributed by atoms with Gasteiger partial charge in [-0.25, -0.2) is 0 Å². The zero-order valence-corrected chi connectivity index (χ0v) is 20.0. The summed E-state index contributed by atoms with van der Waals surface area (Å²) >= 11 is 0. The number of carbonyl (C=O) groups excluding carboxylic acids is 2. The maximum atomic E-state index is 12.5. The van der Waals surface area contributed by atoms with Gasteiger partial charge in [0.2, 0.25) is 0 Å². The molecule has 36 heavy (non-hydrogen) atoms. The zero-order valence-electron chi connectivity index (χ0n) is 20.0. The molecule has 7 nitrogen and oxygen atoms in total. The molecular formula is C29H30N2O5. The number of hydrogen-bond acceptors (Lipinski definition) is 4. The molecule has 1 aliphatic carbocycles. The molecule has 3 aromatic rings. The van der Waals surface area contributed by atoms with Gasteiger partial charge in [-0.1, -0.05) is 42.5 Å². The molecule has 0 aliphatic heterocycles. The van der Waals surface area contributed by atoms with Crippen molar-refractivity contribution < 1.29 is 24.2 Å². The quantitative estimate of drug-likeness (QED) is 0.385. The molecule has 0 heterocycles. The summed E-state index contributed by atoms with van der Waals surface area (Å²) in [6, 6.07) is 24.2. The normalized spacial score (nSPS) is 17.1. The van der Waals surface area contributed by atoms with Crippen molar-refractivity contribution in [2.24, 2.45) is 5.92 Å². The first-order valence-electron chi connectivity index (χ1n) is 12.2. The van der Waals surface area contributed by atoms with E-state index < -0.39 is 5.97 Å². The van der Waals surface area contributed by atoms with Crippen molar-refractivity contribution in [1.82, 2.24) is 10.6 Å². The van der Waals surface area contributed by atoms with E-state index in [-0.39, 0.29) is 23.8 Å². The highest BCUT2D eigenvalue weighted by Gasteiger charge is 2.26. The van der Waals surface area contributed by atoms with Crippen molar-refractivity contribution in [1.29, 1.82) is 0 Å². The predicted molar refractivity (Wildman–Crippen MR) is 137 cm³/mol. The van der Waals surface area contributed by atoms with Gasteiger partial charge in [0, 0.05) is 24.2 Å². The number of ether oxygens (including phenoxy) is 1. The Morgan fingerprint density at radius 3 is 1.97 bits per heavy atom. The van der Waals surface area contributed by atoms with Gasteiger partial charge in [-0.3, -0.25) is 14.4 Å². The third kappa shape index (κ3) is 6.72. The van der Waals surface area contributed by atoms with Crippen LogP contribution in [0, 0.1) is 5.92 Å². The van der Waals surface area contributed by atoms with Crippen LogP contribution in [0.2, 0.25) is 0 Å². The van der Waals surface area contributed by atoms with Crippen molar-refractivity contribution in [2.45, 2.75) is 31.8 Å². The average Bonchev–Trinajstić information content (AvgIpc) is 2.92. The summed E-state index contributed by atoms with van der Waals surface area (Å²) in [5.41, 5.74) is 3.08. The predicted octanol–water partition coefficient (Wildman–Crippen LogP) is 4.54. The van der Waals surface area contributed by atoms with Crippen LogP contribution in [-0.4, -0.2) is 42.1 Å². The summed E-state index contributed by atoms with van der Waals surface area (Å²) in [5.74, 6) is -0.777. The molecule has 0 bridgehead atoms. The number of aliphatic carboxylic acids is 1. The SMILES string of the molecule is O=C(NCCNC(=O)c1cccc(-c2ccccc2)c1)c1ccc(OC2CCC(C(=O)O)CC2)cc1. The van der Waals surface area contributed by atoms with E-state index in [2.05, 4.69) is 10.6 Å². The molecule has 1 aliphatic rings. The number of amides is 2. The van der Waals surface area contributed by atoms with Gasteiger partial charge in [-0.15, -0.1) is 0 Å². The zero-order chi connectivity index (χ0) is 25.3. The number of carboxylic acids is 1. The number of carboxylic acid groups (broad SMARTS) is 1. The maximum Gasteiger partial charge on any atom is 0.306 e. The van der Waals surface area contributed by atoms with Crippen molar-refractivity contribution >= 4 is 17.8 Å². The molecule has 0 unspecified atom stereocenters. The lowest BCUT2D eigenvalue weighted by molar-refractivity contribution is -0.143. The van der Waals surface area contributed by atoms with Gasteiger partial charge in [0.05, 0.1) is 12.0 Å². The molecule has 186 valence electrons. The summed E-state index contributed by atoms with van der Waals surface area (Å²) in [7, 11) is 0. The first-order valence-corrected chi connectivity index (χ1v) is 12.2. The molecule has 3 N–H and O–H groups in total. The monoisotopic (exact) mass is 486 g/mol. The van der Waals surface area contributed by atoms with Gasteiger partial charge in [0.1, 0.15) is 5.75 Å². The first kappa shape index (κ1) is 25.0. The minimum Gasteiger partial charge on any atom is -0.490 e. The van der Waals surface area contributed by atoms with Crippen LogP contribution in [0.5, 0.6) is 5.75 Å². The molecule has 0 aromatic heterocycles. The van der Waals surface area contributed by atoms with Gasteiger partial charge in [0.25, 0.3) is 11.8 Å². The van der Waals surface area contributed by atoms with Gasteiger partial charge in [-0.05, 0) is 73.2 Å². The lowest BCUT2D eigenvalue weighted by Gasteiger charge is -2.26. The van der Waals surface area contributed by atoms with Gasteiger partial charge in [-0.2, -0.15) is 0 Å². The standard InChI is InChI=1S/C29H30N2O5/c32-27(21-9-13-25(14-10-21)36-26-15-11-22(12-16-26)29(34)35)30-17-18-31-28(33)24-8-4-7-23(19-24)20-5-2-1-3-6-20/h1-10,13-14,19,22,26H,11-12,15-18H2,(H,30,32)(H,31,33)(H,34,35). The highest BCUT2D eigenvalue weighted by Crippen LogP contribution is 2.28. The summed E-state index contributed by atoms with van der Waals surface area (Å²) in [6.45, 7) is 0.606. The topological polar surface area (TPSA) is 105 Å². The van der Waals surface area contributed by atoms with Crippen molar-refractivity contribution in [3.05, 3.63) is 90.0 Å². The second-order valence-electron chi connectivity index (χ2n) is 8.91. The van der Waals surface area contributed by atoms with E-state index in [4.69, 9.17) is 9.84 Å². The highest BCUT2D eigenvalue weighted by atomic mass is 16.5. The Morgan fingerprint density at radius 1 is 0.722 bits per heavy atom. The van der Waals surface area contributed by atoms with Crippen molar-refractivity contribution in [3.63, 3.8) is 0 Å². The molecule has 7 heteroatoms.